The van der Waals surface area contributed by atoms with E-state index in [1.54, 1.807) is 40.2 Å². The van der Waals surface area contributed by atoms with E-state index in [0.29, 0.717) is 11.3 Å². The Morgan fingerprint density at radius 1 is 1.03 bits per heavy atom. The van der Waals surface area contributed by atoms with Gasteiger partial charge in [0.1, 0.15) is 12.3 Å². The zero-order chi connectivity index (χ0) is 28.8. The molecule has 0 saturated heterocycles. The third kappa shape index (κ3) is 6.63. The van der Waals surface area contributed by atoms with Crippen LogP contribution in [0, 0.1) is 13.8 Å². The van der Waals surface area contributed by atoms with Crippen molar-refractivity contribution in [1.82, 2.24) is 31.0 Å². The predicted molar refractivity (Wildman–Crippen MR) is 148 cm³/mol. The highest BCUT2D eigenvalue weighted by molar-refractivity contribution is 5.93. The highest BCUT2D eigenvalue weighted by Gasteiger charge is 2.45. The Morgan fingerprint density at radius 3 is 2.26 bits per heavy atom. The maximum absolute atomic E-state index is 13.4. The van der Waals surface area contributed by atoms with Crippen molar-refractivity contribution in [3.05, 3.63) is 77.0 Å². The van der Waals surface area contributed by atoms with Crippen LogP contribution in [0.25, 0.3) is 5.69 Å². The minimum absolute atomic E-state index is 0.0343. The summed E-state index contributed by atoms with van der Waals surface area (Å²) in [5.41, 5.74) is 0.786. The molecule has 210 valence electrons. The Hall–Kier alpha value is -3.77. The number of likely N-dealkylation sites (N-methyl/N-ethyl adjacent to an activating group) is 3. The maximum atomic E-state index is 13.4. The molecular weight excluding hydrogens is 500 g/mol. The van der Waals surface area contributed by atoms with Crippen LogP contribution in [0.3, 0.4) is 0 Å². The topological polar surface area (TPSA) is 150 Å². The van der Waals surface area contributed by atoms with Crippen molar-refractivity contribution in [1.29, 1.82) is 0 Å². The first kappa shape index (κ1) is 29.8. The van der Waals surface area contributed by atoms with E-state index in [2.05, 4.69) is 26.4 Å². The number of nitrogens with one attached hydrogen (secondary N) is 4. The standard InChI is InChI=1S/C28H38N6O5/c1-18-12-13-21(19(2)14-18)22(16-25(35)36)32-26(37)23-15-24(34(33-23)20-10-8-7-9-11-20)39-17-28(38,31-6)27(3,29-4)30-5/h7-15,22,29-31,38H,16-17H2,1-6H3,(H,32,37)(H,35,36)/t22-,28+/m0/s1. The highest BCUT2D eigenvalue weighted by atomic mass is 16.5. The first-order valence-corrected chi connectivity index (χ1v) is 12.6. The summed E-state index contributed by atoms with van der Waals surface area (Å²) >= 11 is 0. The van der Waals surface area contributed by atoms with Crippen molar-refractivity contribution in [3.63, 3.8) is 0 Å². The SMILES string of the molecule is CNC(C)(NC)[C@](O)(COc1cc(C(=O)N[C@@H](CC(=O)O)c2ccc(C)cc2C)nn1-c1ccccc1)NC. The van der Waals surface area contributed by atoms with Gasteiger partial charge < -0.3 is 20.3 Å². The molecule has 6 N–H and O–H groups in total. The molecule has 11 nitrogen and oxygen atoms in total. The first-order chi connectivity index (χ1) is 18.5. The fourth-order valence-corrected chi connectivity index (χ4v) is 4.38. The molecule has 0 fully saturated rings. The number of hydrogen-bond acceptors (Lipinski definition) is 8. The zero-order valence-corrected chi connectivity index (χ0v) is 23.2. The number of carboxylic acids is 1. The normalized spacial score (nSPS) is 13.9. The second kappa shape index (κ2) is 12.4. The molecule has 0 radical (unpaired) electrons. The summed E-state index contributed by atoms with van der Waals surface area (Å²) in [7, 11) is 5.02. The molecule has 0 saturated carbocycles. The number of aromatic nitrogens is 2. The van der Waals surface area contributed by atoms with E-state index in [9.17, 15) is 19.8 Å². The molecule has 0 spiro atoms. The molecule has 1 aromatic heterocycles. The van der Waals surface area contributed by atoms with Crippen LogP contribution in [0.2, 0.25) is 0 Å². The van der Waals surface area contributed by atoms with Gasteiger partial charge in [0.05, 0.1) is 18.2 Å². The summed E-state index contributed by atoms with van der Waals surface area (Å²) in [6, 6.07) is 15.5. The van der Waals surface area contributed by atoms with Crippen molar-refractivity contribution in [2.24, 2.45) is 0 Å². The summed E-state index contributed by atoms with van der Waals surface area (Å²) < 4.78 is 7.51. The Morgan fingerprint density at radius 2 is 1.69 bits per heavy atom. The van der Waals surface area contributed by atoms with Crippen molar-refractivity contribution >= 4 is 11.9 Å². The van der Waals surface area contributed by atoms with Crippen LogP contribution < -0.4 is 26.0 Å². The molecule has 0 unspecified atom stereocenters. The molecule has 0 aliphatic rings. The smallest absolute Gasteiger partial charge is 0.305 e. The van der Waals surface area contributed by atoms with Gasteiger partial charge in [-0.3, -0.25) is 25.5 Å². The van der Waals surface area contributed by atoms with E-state index in [1.807, 2.05) is 50.2 Å². The van der Waals surface area contributed by atoms with Gasteiger partial charge in [0.2, 0.25) is 5.88 Å². The number of aryl methyl sites for hydroxylation is 2. The van der Waals surface area contributed by atoms with Crippen LogP contribution in [0.1, 0.15) is 46.6 Å². The Balaban J connectivity index is 1.96. The van der Waals surface area contributed by atoms with Crippen LogP contribution in [-0.2, 0) is 4.79 Å². The van der Waals surface area contributed by atoms with Crippen LogP contribution in [-0.4, -0.2) is 71.0 Å². The molecule has 11 heteroatoms. The number of para-hydroxylation sites is 1. The van der Waals surface area contributed by atoms with Gasteiger partial charge >= 0.3 is 5.97 Å². The van der Waals surface area contributed by atoms with E-state index in [1.165, 1.54) is 10.7 Å². The molecule has 0 bridgehead atoms. The van der Waals surface area contributed by atoms with Gasteiger partial charge in [-0.2, -0.15) is 5.10 Å². The monoisotopic (exact) mass is 538 g/mol. The van der Waals surface area contributed by atoms with Gasteiger partial charge in [-0.1, -0.05) is 42.0 Å². The molecule has 2 atom stereocenters. The highest BCUT2D eigenvalue weighted by Crippen LogP contribution is 2.25. The Labute approximate surface area is 228 Å². The summed E-state index contributed by atoms with van der Waals surface area (Å²) in [6.07, 6.45) is -0.291. The largest absolute Gasteiger partial charge is 0.481 e. The lowest BCUT2D eigenvalue weighted by Crippen LogP contribution is -2.74. The summed E-state index contributed by atoms with van der Waals surface area (Å²) in [4.78, 5) is 25.0. The van der Waals surface area contributed by atoms with Crippen molar-refractivity contribution < 1.29 is 24.5 Å². The number of hydrogen-bond donors (Lipinski definition) is 6. The number of amides is 1. The van der Waals surface area contributed by atoms with Gasteiger partial charge in [-0.15, -0.1) is 0 Å². The lowest BCUT2D eigenvalue weighted by molar-refractivity contribution is -0.137. The lowest BCUT2D eigenvalue weighted by atomic mass is 9.97. The molecule has 0 aliphatic carbocycles. The van der Waals surface area contributed by atoms with E-state index >= 15 is 0 Å². The maximum Gasteiger partial charge on any atom is 0.305 e. The van der Waals surface area contributed by atoms with Crippen LogP contribution in [0.4, 0.5) is 0 Å². The van der Waals surface area contributed by atoms with Gasteiger partial charge in [-0.05, 0) is 65.2 Å². The second-order valence-electron chi connectivity index (χ2n) is 9.62. The molecule has 1 amide bonds. The third-order valence-electron chi connectivity index (χ3n) is 7.06. The first-order valence-electron chi connectivity index (χ1n) is 12.6. The minimum Gasteiger partial charge on any atom is -0.481 e. The molecule has 3 aromatic rings. The van der Waals surface area contributed by atoms with Gasteiger partial charge in [0.25, 0.3) is 5.91 Å². The van der Waals surface area contributed by atoms with Crippen LogP contribution >= 0.6 is 0 Å². The fourth-order valence-electron chi connectivity index (χ4n) is 4.38. The van der Waals surface area contributed by atoms with Crippen molar-refractivity contribution in [3.8, 4) is 11.6 Å². The van der Waals surface area contributed by atoms with E-state index in [4.69, 9.17) is 4.74 Å². The van der Waals surface area contributed by atoms with E-state index in [0.717, 1.165) is 11.1 Å². The minimum atomic E-state index is -1.56. The summed E-state index contributed by atoms with van der Waals surface area (Å²) in [5, 5.41) is 37.1. The zero-order valence-electron chi connectivity index (χ0n) is 23.2. The van der Waals surface area contributed by atoms with E-state index in [-0.39, 0.29) is 24.6 Å². The van der Waals surface area contributed by atoms with Crippen LogP contribution in [0.5, 0.6) is 5.88 Å². The average Bonchev–Trinajstić information content (AvgIpc) is 3.35. The van der Waals surface area contributed by atoms with Gasteiger partial charge in [0.15, 0.2) is 11.4 Å². The number of nitrogens with zero attached hydrogens (tertiary/aromatic N) is 2. The number of ether oxygens (including phenoxy) is 1. The Bertz CT molecular complexity index is 1290. The number of rotatable bonds is 13. The lowest BCUT2D eigenvalue weighted by Gasteiger charge is -2.44. The molecule has 2 aromatic carbocycles. The summed E-state index contributed by atoms with van der Waals surface area (Å²) in [5.74, 6) is -1.38. The number of benzene rings is 2. The number of carbonyl (C=O) groups excluding carboxylic acids is 1. The predicted octanol–water partition coefficient (Wildman–Crippen LogP) is 1.88. The van der Waals surface area contributed by atoms with Gasteiger partial charge in [0, 0.05) is 6.07 Å². The van der Waals surface area contributed by atoms with Crippen molar-refractivity contribution in [2.75, 3.05) is 27.7 Å². The van der Waals surface area contributed by atoms with Gasteiger partial charge in [-0.25, -0.2) is 4.68 Å². The molecule has 1 heterocycles. The number of carboxylic acid groups (broad SMARTS) is 1. The number of aliphatic carboxylic acids is 1. The Kier molecular flexibility index (Phi) is 9.46. The summed E-state index contributed by atoms with van der Waals surface area (Å²) in [6.45, 7) is 5.40. The number of carbonyl (C=O) groups is 2. The van der Waals surface area contributed by atoms with Crippen LogP contribution in [0.15, 0.2) is 54.6 Å². The second-order valence-corrected chi connectivity index (χ2v) is 9.62. The molecular formula is C28H38N6O5. The third-order valence-corrected chi connectivity index (χ3v) is 7.06. The van der Waals surface area contributed by atoms with Crippen molar-refractivity contribution in [2.45, 2.75) is 44.6 Å². The van der Waals surface area contributed by atoms with E-state index < -0.39 is 29.3 Å². The average molecular weight is 539 g/mol. The number of aliphatic hydroxyl groups is 1. The molecule has 0 aliphatic heterocycles. The molecule has 39 heavy (non-hydrogen) atoms. The quantitative estimate of drug-likeness (QED) is 0.179. The molecule has 3 rings (SSSR count). The fraction of sp³-hybridized carbons (Fsp3) is 0.393.